The molecule has 30 heavy (non-hydrogen) atoms. The van der Waals surface area contributed by atoms with E-state index in [4.69, 9.17) is 15.9 Å². The van der Waals surface area contributed by atoms with Crippen molar-refractivity contribution in [2.24, 2.45) is 5.73 Å². The van der Waals surface area contributed by atoms with Crippen LogP contribution in [0.25, 0.3) is 0 Å². The van der Waals surface area contributed by atoms with E-state index in [-0.39, 0.29) is 18.9 Å². The maximum atomic E-state index is 12.8. The van der Waals surface area contributed by atoms with E-state index < -0.39 is 38.9 Å². The minimum absolute atomic E-state index is 0.0311. The first kappa shape index (κ1) is 21.6. The smallest absolute Gasteiger partial charge is 0.416 e. The van der Waals surface area contributed by atoms with E-state index in [1.165, 1.54) is 4.90 Å². The van der Waals surface area contributed by atoms with Crippen LogP contribution in [-0.4, -0.2) is 39.5 Å². The fraction of sp³-hybridized carbons (Fsp3) is 0.222. The summed E-state index contributed by atoms with van der Waals surface area (Å²) in [5.41, 5.74) is 5.23. The largest absolute Gasteiger partial charge is 0.443 e. The maximum Gasteiger partial charge on any atom is 0.416 e. The van der Waals surface area contributed by atoms with Gasteiger partial charge in [0, 0.05) is 17.8 Å². The molecule has 1 saturated heterocycles. The number of hydrogen-bond donors (Lipinski definition) is 3. The molecule has 1 atom stereocenters. The van der Waals surface area contributed by atoms with Crippen LogP contribution in [0, 0.1) is 5.41 Å². The van der Waals surface area contributed by atoms with E-state index in [0.717, 1.165) is 18.2 Å². The highest BCUT2D eigenvalue weighted by molar-refractivity contribution is 7.89. The number of anilines is 1. The molecule has 1 fully saturated rings. The Morgan fingerprint density at radius 1 is 1.23 bits per heavy atom. The van der Waals surface area contributed by atoms with Crippen molar-refractivity contribution in [1.29, 1.82) is 5.41 Å². The topological polar surface area (TPSA) is 126 Å². The molecular formula is C18H17F3N4O4S. The van der Waals surface area contributed by atoms with Crippen molar-refractivity contribution >= 4 is 27.6 Å². The zero-order valence-electron chi connectivity index (χ0n) is 15.3. The van der Waals surface area contributed by atoms with Gasteiger partial charge in [0.15, 0.2) is 0 Å². The first-order chi connectivity index (χ1) is 14.0. The van der Waals surface area contributed by atoms with E-state index in [1.54, 1.807) is 24.3 Å². The molecule has 0 bridgehead atoms. The molecule has 0 saturated carbocycles. The van der Waals surface area contributed by atoms with Gasteiger partial charge in [-0.15, -0.1) is 0 Å². The van der Waals surface area contributed by atoms with Gasteiger partial charge in [0.05, 0.1) is 17.0 Å². The van der Waals surface area contributed by atoms with Gasteiger partial charge >= 0.3 is 12.3 Å². The predicted molar refractivity (Wildman–Crippen MR) is 102 cm³/mol. The zero-order valence-corrected chi connectivity index (χ0v) is 16.1. The van der Waals surface area contributed by atoms with Crippen LogP contribution in [-0.2, 0) is 20.9 Å². The van der Waals surface area contributed by atoms with E-state index in [0.29, 0.717) is 17.3 Å². The number of nitrogen functional groups attached to an aromatic ring is 1. The van der Waals surface area contributed by atoms with Gasteiger partial charge in [0.1, 0.15) is 11.9 Å². The Labute approximate surface area is 170 Å². The number of sulfonamides is 1. The lowest BCUT2D eigenvalue weighted by Gasteiger charge is -2.14. The molecule has 0 aromatic heterocycles. The molecule has 1 aliphatic heterocycles. The highest BCUT2D eigenvalue weighted by Gasteiger charge is 2.34. The van der Waals surface area contributed by atoms with Crippen molar-refractivity contribution in [3.8, 4) is 0 Å². The van der Waals surface area contributed by atoms with Gasteiger partial charge in [-0.2, -0.15) is 13.2 Å². The molecule has 1 aliphatic rings. The number of cyclic esters (lactones) is 1. The molecule has 1 heterocycles. The third-order valence-electron chi connectivity index (χ3n) is 4.34. The Balaban J connectivity index is 1.66. The van der Waals surface area contributed by atoms with Crippen LogP contribution in [0.15, 0.2) is 53.4 Å². The summed E-state index contributed by atoms with van der Waals surface area (Å²) in [6.45, 7) is -0.282. The summed E-state index contributed by atoms with van der Waals surface area (Å²) >= 11 is 0. The highest BCUT2D eigenvalue weighted by Crippen LogP contribution is 2.30. The lowest BCUT2D eigenvalue weighted by molar-refractivity contribution is -0.137. The SMILES string of the molecule is N=C(N)c1ccc(N2CC(CNS(=O)(=O)c3cccc(C(F)(F)F)c3)OC2=O)cc1. The number of carbonyl (C=O) groups is 1. The average molecular weight is 442 g/mol. The van der Waals surface area contributed by atoms with Gasteiger partial charge in [-0.05, 0) is 42.5 Å². The molecule has 1 unspecified atom stereocenters. The maximum absolute atomic E-state index is 12.8. The number of ether oxygens (including phenoxy) is 1. The van der Waals surface area contributed by atoms with Crippen molar-refractivity contribution in [1.82, 2.24) is 4.72 Å². The number of amides is 1. The molecule has 2 aromatic rings. The van der Waals surface area contributed by atoms with Gasteiger partial charge in [-0.1, -0.05) is 6.07 Å². The van der Waals surface area contributed by atoms with Gasteiger partial charge in [-0.3, -0.25) is 10.3 Å². The zero-order chi connectivity index (χ0) is 22.1. The highest BCUT2D eigenvalue weighted by atomic mass is 32.2. The number of benzene rings is 2. The summed E-state index contributed by atoms with van der Waals surface area (Å²) in [5.74, 6) is -0.132. The molecule has 0 aliphatic carbocycles. The molecule has 0 radical (unpaired) electrons. The first-order valence-electron chi connectivity index (χ1n) is 8.57. The number of amidine groups is 1. The molecule has 3 rings (SSSR count). The van der Waals surface area contributed by atoms with Crippen LogP contribution in [0.4, 0.5) is 23.7 Å². The van der Waals surface area contributed by atoms with Crippen molar-refractivity contribution in [2.75, 3.05) is 18.0 Å². The summed E-state index contributed by atoms with van der Waals surface area (Å²) in [7, 11) is -4.24. The van der Waals surface area contributed by atoms with Gasteiger partial charge in [0.2, 0.25) is 10.0 Å². The summed E-state index contributed by atoms with van der Waals surface area (Å²) in [6, 6.07) is 9.57. The Morgan fingerprint density at radius 3 is 2.50 bits per heavy atom. The Hall–Kier alpha value is -3.12. The van der Waals surface area contributed by atoms with Crippen LogP contribution >= 0.6 is 0 Å². The predicted octanol–water partition coefficient (Wildman–Crippen LogP) is 2.29. The van der Waals surface area contributed by atoms with Crippen LogP contribution in [0.3, 0.4) is 0 Å². The minimum atomic E-state index is -4.68. The fourth-order valence-corrected chi connectivity index (χ4v) is 3.90. The lowest BCUT2D eigenvalue weighted by Crippen LogP contribution is -2.34. The summed E-state index contributed by atoms with van der Waals surface area (Å²) in [6.07, 6.45) is -6.22. The minimum Gasteiger partial charge on any atom is -0.443 e. The second-order valence-corrected chi connectivity index (χ2v) is 8.22. The number of carbonyl (C=O) groups excluding carboxylic acids is 1. The van der Waals surface area contributed by atoms with E-state index in [1.807, 2.05) is 0 Å². The molecule has 4 N–H and O–H groups in total. The van der Waals surface area contributed by atoms with Crippen LogP contribution in [0.5, 0.6) is 0 Å². The number of halogens is 3. The van der Waals surface area contributed by atoms with Gasteiger partial charge in [0.25, 0.3) is 0 Å². The molecular weight excluding hydrogens is 425 g/mol. The molecule has 12 heteroatoms. The number of alkyl halides is 3. The molecule has 1 amide bonds. The van der Waals surface area contributed by atoms with Crippen molar-refractivity contribution in [3.63, 3.8) is 0 Å². The van der Waals surface area contributed by atoms with E-state index >= 15 is 0 Å². The second kappa shape index (κ2) is 7.95. The third kappa shape index (κ3) is 4.71. The quantitative estimate of drug-likeness (QED) is 0.468. The number of rotatable bonds is 6. The monoisotopic (exact) mass is 442 g/mol. The van der Waals surface area contributed by atoms with Crippen LogP contribution in [0.1, 0.15) is 11.1 Å². The van der Waals surface area contributed by atoms with Crippen molar-refractivity contribution < 1.29 is 31.1 Å². The van der Waals surface area contributed by atoms with Crippen LogP contribution in [0.2, 0.25) is 0 Å². The molecule has 2 aromatic carbocycles. The average Bonchev–Trinajstić information content (AvgIpc) is 3.07. The third-order valence-corrected chi connectivity index (χ3v) is 5.76. The molecule has 0 spiro atoms. The summed E-state index contributed by atoms with van der Waals surface area (Å²) < 4.78 is 70.4. The van der Waals surface area contributed by atoms with Crippen molar-refractivity contribution in [2.45, 2.75) is 17.2 Å². The Kier molecular flexibility index (Phi) is 5.72. The molecule has 8 nitrogen and oxygen atoms in total. The number of nitrogens with one attached hydrogen (secondary N) is 2. The standard InChI is InChI=1S/C18H17F3N4O4S/c19-18(20,21)12-2-1-3-15(8-12)30(27,28)24-9-14-10-25(17(26)29-14)13-6-4-11(5-7-13)16(22)23/h1-8,14,24H,9-10H2,(H3,22,23). The number of nitrogens with zero attached hydrogens (tertiary/aromatic N) is 1. The second-order valence-electron chi connectivity index (χ2n) is 6.45. The molecule has 160 valence electrons. The Bertz CT molecular complexity index is 1070. The van der Waals surface area contributed by atoms with E-state index in [2.05, 4.69) is 4.72 Å². The first-order valence-corrected chi connectivity index (χ1v) is 10.1. The summed E-state index contributed by atoms with van der Waals surface area (Å²) in [4.78, 5) is 12.8. The van der Waals surface area contributed by atoms with Gasteiger partial charge < -0.3 is 10.5 Å². The Morgan fingerprint density at radius 2 is 1.90 bits per heavy atom. The lowest BCUT2D eigenvalue weighted by atomic mass is 10.2. The number of nitrogens with two attached hydrogens (primary N) is 1. The van der Waals surface area contributed by atoms with Crippen LogP contribution < -0.4 is 15.4 Å². The normalized spacial score (nSPS) is 17.1. The summed E-state index contributed by atoms with van der Waals surface area (Å²) in [5, 5.41) is 7.36. The number of hydrogen-bond acceptors (Lipinski definition) is 5. The fourth-order valence-electron chi connectivity index (χ4n) is 2.79. The van der Waals surface area contributed by atoms with Gasteiger partial charge in [-0.25, -0.2) is 17.9 Å². The van der Waals surface area contributed by atoms with Crippen molar-refractivity contribution in [3.05, 3.63) is 59.7 Å². The van der Waals surface area contributed by atoms with E-state index in [9.17, 15) is 26.4 Å².